The maximum Gasteiger partial charge on any atom is 0.157 e. The highest BCUT2D eigenvalue weighted by molar-refractivity contribution is 6.44. The van der Waals surface area contributed by atoms with Crippen molar-refractivity contribution < 1.29 is 4.74 Å². The molecule has 1 nitrogen and oxygen atoms in total. The second kappa shape index (κ2) is 5.50. The fourth-order valence-corrected chi connectivity index (χ4v) is 1.51. The highest BCUT2D eigenvalue weighted by Gasteiger charge is 2.10. The maximum absolute atomic E-state index is 5.91. The van der Waals surface area contributed by atoms with Gasteiger partial charge in [-0.2, -0.15) is 0 Å². The lowest BCUT2D eigenvalue weighted by molar-refractivity contribution is 0.325. The van der Waals surface area contributed by atoms with Crippen LogP contribution in [0, 0.1) is 0 Å². The zero-order valence-electron chi connectivity index (χ0n) is 7.40. The van der Waals surface area contributed by atoms with Crippen molar-refractivity contribution in [2.24, 2.45) is 0 Å². The molecule has 0 amide bonds. The van der Waals surface area contributed by atoms with Gasteiger partial charge >= 0.3 is 0 Å². The third kappa shape index (κ3) is 2.81. The summed E-state index contributed by atoms with van der Waals surface area (Å²) in [5, 5.41) is 1.25. The van der Waals surface area contributed by atoms with Gasteiger partial charge in [0.15, 0.2) is 5.75 Å². The highest BCUT2D eigenvalue weighted by atomic mass is 35.5. The zero-order valence-corrected chi connectivity index (χ0v) is 9.66. The van der Waals surface area contributed by atoms with Crippen LogP contribution in [0.15, 0.2) is 24.8 Å². The van der Waals surface area contributed by atoms with Crippen LogP contribution in [0.1, 0.15) is 6.42 Å². The molecule has 0 N–H and O–H groups in total. The average molecular weight is 252 g/mol. The summed E-state index contributed by atoms with van der Waals surface area (Å²) >= 11 is 17.6. The minimum Gasteiger partial charge on any atom is -0.490 e. The Morgan fingerprint density at radius 3 is 2.50 bits per heavy atom. The number of hydrogen-bond donors (Lipinski definition) is 0. The zero-order chi connectivity index (χ0) is 10.6. The average Bonchev–Trinajstić information content (AvgIpc) is 2.18. The van der Waals surface area contributed by atoms with Gasteiger partial charge in [-0.15, -0.1) is 6.58 Å². The molecule has 0 aliphatic rings. The standard InChI is InChI=1S/C10H9Cl3O/c1-2-3-6-14-10-8(12)5-4-7(11)9(10)13/h2,4-5H,1,3,6H2. The number of halogens is 3. The van der Waals surface area contributed by atoms with Gasteiger partial charge in [0.1, 0.15) is 5.02 Å². The van der Waals surface area contributed by atoms with Crippen molar-refractivity contribution in [1.82, 2.24) is 0 Å². The lowest BCUT2D eigenvalue weighted by atomic mass is 10.3. The fourth-order valence-electron chi connectivity index (χ4n) is 0.885. The van der Waals surface area contributed by atoms with Crippen LogP contribution in [0.25, 0.3) is 0 Å². The van der Waals surface area contributed by atoms with Gasteiger partial charge in [-0.25, -0.2) is 0 Å². The summed E-state index contributed by atoms with van der Waals surface area (Å²) in [7, 11) is 0. The van der Waals surface area contributed by atoms with Crippen LogP contribution in [-0.4, -0.2) is 6.61 Å². The molecule has 1 aromatic rings. The van der Waals surface area contributed by atoms with Crippen molar-refractivity contribution >= 4 is 34.8 Å². The van der Waals surface area contributed by atoms with Crippen LogP contribution < -0.4 is 4.74 Å². The Bertz CT molecular complexity index is 336. The monoisotopic (exact) mass is 250 g/mol. The first-order valence-corrected chi connectivity index (χ1v) is 5.17. The topological polar surface area (TPSA) is 9.23 Å². The van der Waals surface area contributed by atoms with Crippen molar-refractivity contribution in [2.75, 3.05) is 6.61 Å². The SMILES string of the molecule is C=CCCOc1c(Cl)ccc(Cl)c1Cl. The first kappa shape index (κ1) is 11.7. The molecular weight excluding hydrogens is 242 g/mol. The summed E-state index contributed by atoms with van der Waals surface area (Å²) in [6.45, 7) is 4.07. The molecule has 14 heavy (non-hydrogen) atoms. The molecule has 0 spiro atoms. The Morgan fingerprint density at radius 1 is 1.21 bits per heavy atom. The lowest BCUT2D eigenvalue weighted by Gasteiger charge is -2.09. The Kier molecular flexibility index (Phi) is 4.59. The second-order valence-electron chi connectivity index (χ2n) is 2.60. The van der Waals surface area contributed by atoms with E-state index in [1.54, 1.807) is 18.2 Å². The summed E-state index contributed by atoms with van der Waals surface area (Å²) in [6, 6.07) is 3.28. The van der Waals surface area contributed by atoms with Crippen molar-refractivity contribution in [2.45, 2.75) is 6.42 Å². The third-order valence-corrected chi connectivity index (χ3v) is 2.65. The van der Waals surface area contributed by atoms with Crippen LogP contribution in [0.2, 0.25) is 15.1 Å². The Labute approximate surface area is 98.2 Å². The predicted molar refractivity (Wildman–Crippen MR) is 61.8 cm³/mol. The molecule has 1 aromatic carbocycles. The second-order valence-corrected chi connectivity index (χ2v) is 3.79. The van der Waals surface area contributed by atoms with Crippen LogP contribution in [0.5, 0.6) is 5.75 Å². The molecular formula is C10H9Cl3O. The molecule has 0 aliphatic heterocycles. The molecule has 0 heterocycles. The van der Waals surface area contributed by atoms with E-state index in [1.807, 2.05) is 0 Å². The van der Waals surface area contributed by atoms with E-state index in [-0.39, 0.29) is 0 Å². The van der Waals surface area contributed by atoms with Gasteiger partial charge < -0.3 is 4.74 Å². The van der Waals surface area contributed by atoms with Gasteiger partial charge in [0.05, 0.1) is 16.7 Å². The molecule has 0 bridgehead atoms. The smallest absolute Gasteiger partial charge is 0.157 e. The van der Waals surface area contributed by atoms with Gasteiger partial charge in [-0.05, 0) is 18.6 Å². The minimum absolute atomic E-state index is 0.350. The molecule has 0 saturated carbocycles. The number of rotatable bonds is 4. The van der Waals surface area contributed by atoms with Crippen LogP contribution in [0.3, 0.4) is 0 Å². The van der Waals surface area contributed by atoms with Gasteiger partial charge in [0, 0.05) is 0 Å². The normalized spacial score (nSPS) is 9.93. The van der Waals surface area contributed by atoms with Crippen molar-refractivity contribution in [3.05, 3.63) is 39.9 Å². The largest absolute Gasteiger partial charge is 0.490 e. The number of ether oxygens (including phenoxy) is 1. The predicted octanol–water partition coefficient (Wildman–Crippen LogP) is 4.60. The van der Waals surface area contributed by atoms with E-state index in [9.17, 15) is 0 Å². The first-order chi connectivity index (χ1) is 6.66. The quantitative estimate of drug-likeness (QED) is 0.432. The van der Waals surface area contributed by atoms with E-state index in [4.69, 9.17) is 39.5 Å². The van der Waals surface area contributed by atoms with E-state index in [1.165, 1.54) is 0 Å². The molecule has 0 fully saturated rings. The molecule has 0 radical (unpaired) electrons. The van der Waals surface area contributed by atoms with Gasteiger partial charge in [-0.1, -0.05) is 40.9 Å². The molecule has 1 rings (SSSR count). The molecule has 4 heteroatoms. The summed E-state index contributed by atoms with van der Waals surface area (Å²) in [5.74, 6) is 0.433. The summed E-state index contributed by atoms with van der Waals surface area (Å²) < 4.78 is 5.37. The first-order valence-electron chi connectivity index (χ1n) is 4.04. The summed E-state index contributed by atoms with van der Waals surface area (Å²) in [5.41, 5.74) is 0. The van der Waals surface area contributed by atoms with Crippen LogP contribution in [0.4, 0.5) is 0 Å². The van der Waals surface area contributed by atoms with Gasteiger partial charge in [0.2, 0.25) is 0 Å². The lowest BCUT2D eigenvalue weighted by Crippen LogP contribution is -1.97. The molecule has 0 unspecified atom stereocenters. The minimum atomic E-state index is 0.350. The van der Waals surface area contributed by atoms with Crippen molar-refractivity contribution in [1.29, 1.82) is 0 Å². The molecule has 0 aromatic heterocycles. The summed E-state index contributed by atoms with van der Waals surface area (Å²) in [4.78, 5) is 0. The van der Waals surface area contributed by atoms with Gasteiger partial charge in [0.25, 0.3) is 0 Å². The van der Waals surface area contributed by atoms with E-state index < -0.39 is 0 Å². The van der Waals surface area contributed by atoms with Crippen molar-refractivity contribution in [3.63, 3.8) is 0 Å². The van der Waals surface area contributed by atoms with Crippen LogP contribution >= 0.6 is 34.8 Å². The molecule has 0 aliphatic carbocycles. The molecule has 0 saturated heterocycles. The van der Waals surface area contributed by atoms with Crippen LogP contribution in [-0.2, 0) is 0 Å². The molecule has 0 atom stereocenters. The number of benzene rings is 1. The molecule has 76 valence electrons. The van der Waals surface area contributed by atoms with Gasteiger partial charge in [-0.3, -0.25) is 0 Å². The summed E-state index contributed by atoms with van der Waals surface area (Å²) in [6.07, 6.45) is 2.49. The maximum atomic E-state index is 5.91. The Hall–Kier alpha value is -0.370. The van der Waals surface area contributed by atoms with E-state index in [0.717, 1.165) is 6.42 Å². The third-order valence-electron chi connectivity index (χ3n) is 1.57. The van der Waals surface area contributed by atoms with E-state index in [0.29, 0.717) is 27.4 Å². The highest BCUT2D eigenvalue weighted by Crippen LogP contribution is 2.37. The fraction of sp³-hybridized carbons (Fsp3) is 0.200. The number of hydrogen-bond acceptors (Lipinski definition) is 1. The van der Waals surface area contributed by atoms with Crippen molar-refractivity contribution in [3.8, 4) is 5.75 Å². The van der Waals surface area contributed by atoms with E-state index in [2.05, 4.69) is 6.58 Å². The Balaban J connectivity index is 2.83. The van der Waals surface area contributed by atoms with E-state index >= 15 is 0 Å². The Morgan fingerprint density at radius 2 is 1.86 bits per heavy atom.